The Balaban J connectivity index is 1.86. The van der Waals surface area contributed by atoms with Gasteiger partial charge >= 0.3 is 0 Å². The predicted molar refractivity (Wildman–Crippen MR) is 94.4 cm³/mol. The number of rotatable bonds is 3. The van der Waals surface area contributed by atoms with E-state index >= 15 is 4.39 Å². The number of aromatic nitrogens is 3. The molecule has 0 amide bonds. The highest BCUT2D eigenvalue weighted by atomic mass is 19.1. The molecule has 0 unspecified atom stereocenters. The van der Waals surface area contributed by atoms with E-state index in [0.29, 0.717) is 41.2 Å². The molecule has 2 N–H and O–H groups in total. The van der Waals surface area contributed by atoms with Crippen LogP contribution >= 0.6 is 0 Å². The second-order valence-corrected chi connectivity index (χ2v) is 6.82. The van der Waals surface area contributed by atoms with E-state index in [0.717, 1.165) is 5.69 Å². The number of imidazole rings is 1. The van der Waals surface area contributed by atoms with Crippen molar-refractivity contribution in [1.82, 2.24) is 15.1 Å². The predicted octanol–water partition coefficient (Wildman–Crippen LogP) is 2.77. The van der Waals surface area contributed by atoms with E-state index in [4.69, 9.17) is 9.26 Å². The summed E-state index contributed by atoms with van der Waals surface area (Å²) in [4.78, 5) is 9.23. The maximum Gasteiger partial charge on any atom is 0.205 e. The molecule has 1 aliphatic heterocycles. The Kier molecular flexibility index (Phi) is 4.16. The molecule has 8 heteroatoms. The quantitative estimate of drug-likeness (QED) is 0.747. The molecular formula is C18H21FN4O3. The van der Waals surface area contributed by atoms with Crippen LogP contribution in [0.3, 0.4) is 0 Å². The molecule has 0 bridgehead atoms. The first kappa shape index (κ1) is 17.0. The number of halogens is 1. The van der Waals surface area contributed by atoms with E-state index in [9.17, 15) is 5.11 Å². The number of benzene rings is 1. The van der Waals surface area contributed by atoms with Gasteiger partial charge in [0.2, 0.25) is 5.58 Å². The molecule has 0 aliphatic carbocycles. The summed E-state index contributed by atoms with van der Waals surface area (Å²) in [6, 6.07) is 1.72. The summed E-state index contributed by atoms with van der Waals surface area (Å²) in [5.74, 6) is -0.0132. The Bertz CT molecular complexity index is 941. The Labute approximate surface area is 149 Å². The van der Waals surface area contributed by atoms with Gasteiger partial charge in [0.05, 0.1) is 35.6 Å². The van der Waals surface area contributed by atoms with E-state index in [1.54, 1.807) is 12.3 Å². The van der Waals surface area contributed by atoms with Crippen molar-refractivity contribution in [1.29, 1.82) is 0 Å². The zero-order valence-electron chi connectivity index (χ0n) is 14.9. The molecule has 138 valence electrons. The summed E-state index contributed by atoms with van der Waals surface area (Å²) >= 11 is 0. The number of anilines is 1. The zero-order valence-corrected chi connectivity index (χ0v) is 14.9. The summed E-state index contributed by atoms with van der Waals surface area (Å²) in [7, 11) is 0. The second kappa shape index (κ2) is 6.37. The molecule has 26 heavy (non-hydrogen) atoms. The average Bonchev–Trinajstić information content (AvgIpc) is 3.19. The van der Waals surface area contributed by atoms with Crippen LogP contribution in [0.25, 0.3) is 22.5 Å². The van der Waals surface area contributed by atoms with Crippen LogP contribution in [0.1, 0.15) is 25.1 Å². The van der Waals surface area contributed by atoms with Crippen molar-refractivity contribution in [2.75, 3.05) is 18.0 Å². The van der Waals surface area contributed by atoms with Gasteiger partial charge in [0.25, 0.3) is 0 Å². The monoisotopic (exact) mass is 360 g/mol. The molecule has 2 atom stereocenters. The van der Waals surface area contributed by atoms with Gasteiger partial charge < -0.3 is 24.3 Å². The van der Waals surface area contributed by atoms with Crippen molar-refractivity contribution in [3.05, 3.63) is 29.3 Å². The number of aliphatic hydroxyl groups is 1. The first-order chi connectivity index (χ1) is 12.5. The highest BCUT2D eigenvalue weighted by Crippen LogP contribution is 2.37. The molecule has 3 heterocycles. The standard InChI is InChI=1S/C18H21FN4O3/c1-9-5-20-18(21-9)15-13-4-12(8-24)16(14(19)17(13)26-22-15)23-6-10(2)25-11(3)7-23/h4-5,10-11,24H,6-8H2,1-3H3,(H,20,21)/t10-,11+. The number of hydrogen-bond donors (Lipinski definition) is 2. The molecule has 0 saturated carbocycles. The molecule has 1 aliphatic rings. The van der Waals surface area contributed by atoms with Gasteiger partial charge in [0.1, 0.15) is 0 Å². The van der Waals surface area contributed by atoms with E-state index < -0.39 is 5.82 Å². The maximum atomic E-state index is 15.3. The van der Waals surface area contributed by atoms with Crippen LogP contribution in [-0.2, 0) is 11.3 Å². The lowest BCUT2D eigenvalue weighted by Crippen LogP contribution is -2.46. The van der Waals surface area contributed by atoms with Crippen molar-refractivity contribution in [3.63, 3.8) is 0 Å². The third kappa shape index (κ3) is 2.75. The number of ether oxygens (including phenoxy) is 1. The fourth-order valence-corrected chi connectivity index (χ4v) is 3.61. The van der Waals surface area contributed by atoms with Gasteiger partial charge in [-0.3, -0.25) is 0 Å². The van der Waals surface area contributed by atoms with E-state index in [2.05, 4.69) is 15.1 Å². The normalized spacial score (nSPS) is 20.9. The van der Waals surface area contributed by atoms with Crippen molar-refractivity contribution < 1.29 is 18.8 Å². The minimum atomic E-state index is -0.519. The molecule has 1 fully saturated rings. The summed E-state index contributed by atoms with van der Waals surface area (Å²) in [5, 5.41) is 14.4. The van der Waals surface area contributed by atoms with E-state index in [1.165, 1.54) is 0 Å². The molecule has 2 aromatic heterocycles. The van der Waals surface area contributed by atoms with Crippen LogP contribution in [0, 0.1) is 12.7 Å². The molecule has 0 spiro atoms. The Morgan fingerprint density at radius 2 is 2.08 bits per heavy atom. The summed E-state index contributed by atoms with van der Waals surface area (Å²) in [5.41, 5.74) is 2.13. The molecule has 0 radical (unpaired) electrons. The molecule has 1 saturated heterocycles. The number of H-pyrrole nitrogens is 1. The van der Waals surface area contributed by atoms with E-state index in [1.807, 2.05) is 25.7 Å². The lowest BCUT2D eigenvalue weighted by molar-refractivity contribution is -0.00549. The minimum Gasteiger partial charge on any atom is -0.392 e. The number of aromatic amines is 1. The number of aliphatic hydroxyl groups excluding tert-OH is 1. The smallest absolute Gasteiger partial charge is 0.205 e. The summed E-state index contributed by atoms with van der Waals surface area (Å²) in [6.45, 7) is 6.54. The van der Waals surface area contributed by atoms with Gasteiger partial charge in [0.15, 0.2) is 17.3 Å². The number of nitrogens with one attached hydrogen (secondary N) is 1. The fourth-order valence-electron chi connectivity index (χ4n) is 3.61. The molecule has 3 aromatic rings. The second-order valence-electron chi connectivity index (χ2n) is 6.82. The summed E-state index contributed by atoms with van der Waals surface area (Å²) in [6.07, 6.45) is 1.68. The van der Waals surface area contributed by atoms with Crippen LogP contribution < -0.4 is 4.90 Å². The van der Waals surface area contributed by atoms with Crippen molar-refractivity contribution in [2.24, 2.45) is 0 Å². The van der Waals surface area contributed by atoms with Crippen LogP contribution in [0.4, 0.5) is 10.1 Å². The van der Waals surface area contributed by atoms with Crippen molar-refractivity contribution >= 4 is 16.7 Å². The fraction of sp³-hybridized carbons (Fsp3) is 0.444. The third-order valence-electron chi connectivity index (χ3n) is 4.59. The van der Waals surface area contributed by atoms with Gasteiger partial charge in [-0.15, -0.1) is 0 Å². The van der Waals surface area contributed by atoms with Crippen LogP contribution in [0.15, 0.2) is 16.8 Å². The molecule has 1 aromatic carbocycles. The number of morpholine rings is 1. The number of fused-ring (bicyclic) bond motifs is 1. The summed E-state index contributed by atoms with van der Waals surface area (Å²) < 4.78 is 26.4. The average molecular weight is 360 g/mol. The Hall–Kier alpha value is -2.45. The Morgan fingerprint density at radius 3 is 2.69 bits per heavy atom. The number of aryl methyl sites for hydroxylation is 1. The number of nitrogens with zero attached hydrogens (tertiary/aromatic N) is 3. The van der Waals surface area contributed by atoms with Crippen molar-refractivity contribution in [3.8, 4) is 11.5 Å². The highest BCUT2D eigenvalue weighted by Gasteiger charge is 2.29. The third-order valence-corrected chi connectivity index (χ3v) is 4.59. The number of hydrogen-bond acceptors (Lipinski definition) is 6. The lowest BCUT2D eigenvalue weighted by atomic mass is 10.1. The first-order valence-corrected chi connectivity index (χ1v) is 8.62. The van der Waals surface area contributed by atoms with E-state index in [-0.39, 0.29) is 24.4 Å². The SMILES string of the molecule is Cc1c[nH]c(-c2noc3c(F)c(N4C[C@@H](C)O[C@@H](C)C4)c(CO)cc23)n1. The molecule has 7 nitrogen and oxygen atoms in total. The topological polar surface area (TPSA) is 87.4 Å². The minimum absolute atomic E-state index is 0.0308. The van der Waals surface area contributed by atoms with Gasteiger partial charge in [-0.25, -0.2) is 9.37 Å². The molecular weight excluding hydrogens is 339 g/mol. The highest BCUT2D eigenvalue weighted by molar-refractivity contribution is 5.93. The van der Waals surface area contributed by atoms with Crippen LogP contribution in [0.5, 0.6) is 0 Å². The zero-order chi connectivity index (χ0) is 18.4. The van der Waals surface area contributed by atoms with Gasteiger partial charge in [0, 0.05) is 24.8 Å². The van der Waals surface area contributed by atoms with Gasteiger partial charge in [-0.05, 0) is 26.8 Å². The first-order valence-electron chi connectivity index (χ1n) is 8.62. The maximum absolute atomic E-state index is 15.3. The molecule has 4 rings (SSSR count). The Morgan fingerprint density at radius 1 is 1.35 bits per heavy atom. The van der Waals surface area contributed by atoms with Crippen LogP contribution in [-0.4, -0.2) is 45.5 Å². The van der Waals surface area contributed by atoms with Crippen LogP contribution in [0.2, 0.25) is 0 Å². The van der Waals surface area contributed by atoms with Gasteiger partial charge in [-0.2, -0.15) is 0 Å². The lowest BCUT2D eigenvalue weighted by Gasteiger charge is -2.37. The van der Waals surface area contributed by atoms with Gasteiger partial charge in [-0.1, -0.05) is 5.16 Å². The largest absolute Gasteiger partial charge is 0.392 e. The van der Waals surface area contributed by atoms with Crippen molar-refractivity contribution in [2.45, 2.75) is 39.6 Å².